The topological polar surface area (TPSA) is 27.7 Å². The van der Waals surface area contributed by atoms with Gasteiger partial charge in [-0.1, -0.05) is 35.9 Å². The molecule has 3 rings (SSSR count). The van der Waals surface area contributed by atoms with Gasteiger partial charge in [0.1, 0.15) is 18.2 Å². The Bertz CT molecular complexity index is 757. The third-order valence-corrected chi connectivity index (χ3v) is 4.97. The van der Waals surface area contributed by atoms with Crippen molar-refractivity contribution >= 4 is 12.6 Å². The number of aryl methyl sites for hydroxylation is 1. The first-order chi connectivity index (χ1) is 11.7. The monoisotopic (exact) mass is 342 g/mol. The third kappa shape index (κ3) is 3.72. The fourth-order valence-corrected chi connectivity index (χ4v) is 2.73. The van der Waals surface area contributed by atoms with E-state index in [4.69, 9.17) is 14.0 Å². The normalized spacial score (nSPS) is 18.4. The van der Waals surface area contributed by atoms with Crippen LogP contribution in [0, 0.1) is 12.7 Å². The van der Waals surface area contributed by atoms with Crippen LogP contribution in [0.15, 0.2) is 42.5 Å². The number of hydrogen-bond donors (Lipinski definition) is 0. The van der Waals surface area contributed by atoms with E-state index in [0.717, 1.165) is 5.56 Å². The molecule has 0 spiro atoms. The molecule has 0 saturated carbocycles. The summed E-state index contributed by atoms with van der Waals surface area (Å²) in [4.78, 5) is 0. The molecule has 132 valence electrons. The van der Waals surface area contributed by atoms with Crippen LogP contribution in [0.2, 0.25) is 0 Å². The Kier molecular flexibility index (Phi) is 4.65. The van der Waals surface area contributed by atoms with Gasteiger partial charge in [0.05, 0.1) is 11.2 Å². The molecular weight excluding hydrogens is 318 g/mol. The zero-order valence-electron chi connectivity index (χ0n) is 15.4. The second-order valence-corrected chi connectivity index (χ2v) is 7.55. The Balaban J connectivity index is 1.71. The lowest BCUT2D eigenvalue weighted by atomic mass is 9.78. The molecule has 0 unspecified atom stereocenters. The van der Waals surface area contributed by atoms with Crippen molar-refractivity contribution in [3.05, 3.63) is 59.4 Å². The molecule has 1 fully saturated rings. The minimum absolute atomic E-state index is 0.389. The highest BCUT2D eigenvalue weighted by molar-refractivity contribution is 6.62. The van der Waals surface area contributed by atoms with Crippen molar-refractivity contribution in [1.29, 1.82) is 0 Å². The van der Waals surface area contributed by atoms with Gasteiger partial charge in [0.25, 0.3) is 0 Å². The summed E-state index contributed by atoms with van der Waals surface area (Å²) in [5, 5.41) is 0. The van der Waals surface area contributed by atoms with Gasteiger partial charge >= 0.3 is 7.12 Å². The summed E-state index contributed by atoms with van der Waals surface area (Å²) >= 11 is 0. The SMILES string of the molecule is Cc1cccc(COc2ccc(B3OC(C)(C)C(C)(C)O3)c(F)c2)c1. The van der Waals surface area contributed by atoms with Gasteiger partial charge in [0.15, 0.2) is 0 Å². The summed E-state index contributed by atoms with van der Waals surface area (Å²) in [6.07, 6.45) is 0. The zero-order chi connectivity index (χ0) is 18.2. The number of ether oxygens (including phenoxy) is 1. The predicted molar refractivity (Wildman–Crippen MR) is 97.6 cm³/mol. The van der Waals surface area contributed by atoms with Crippen LogP contribution >= 0.6 is 0 Å². The summed E-state index contributed by atoms with van der Waals surface area (Å²) in [5.74, 6) is 0.0968. The van der Waals surface area contributed by atoms with Gasteiger partial charge in [0, 0.05) is 11.5 Å². The Morgan fingerprint density at radius 3 is 2.28 bits per heavy atom. The minimum atomic E-state index is -0.712. The fourth-order valence-electron chi connectivity index (χ4n) is 2.73. The average molecular weight is 342 g/mol. The Labute approximate surface area is 149 Å². The first kappa shape index (κ1) is 18.0. The maximum atomic E-state index is 14.6. The van der Waals surface area contributed by atoms with Crippen molar-refractivity contribution in [2.75, 3.05) is 0 Å². The summed E-state index contributed by atoms with van der Waals surface area (Å²) in [6.45, 7) is 10.2. The van der Waals surface area contributed by atoms with E-state index in [1.54, 1.807) is 12.1 Å². The molecule has 0 aliphatic carbocycles. The molecule has 1 heterocycles. The van der Waals surface area contributed by atoms with Crippen molar-refractivity contribution in [2.24, 2.45) is 0 Å². The molecule has 0 radical (unpaired) electrons. The smallest absolute Gasteiger partial charge is 0.489 e. The van der Waals surface area contributed by atoms with E-state index in [0.29, 0.717) is 17.8 Å². The summed E-state index contributed by atoms with van der Waals surface area (Å²) < 4.78 is 32.1. The Hall–Kier alpha value is -1.85. The van der Waals surface area contributed by atoms with E-state index in [2.05, 4.69) is 6.07 Å². The molecule has 0 amide bonds. The van der Waals surface area contributed by atoms with E-state index < -0.39 is 18.3 Å². The third-order valence-electron chi connectivity index (χ3n) is 4.97. The van der Waals surface area contributed by atoms with E-state index in [1.807, 2.05) is 52.8 Å². The van der Waals surface area contributed by atoms with E-state index in [9.17, 15) is 4.39 Å². The molecule has 25 heavy (non-hydrogen) atoms. The van der Waals surface area contributed by atoms with Gasteiger partial charge in [-0.2, -0.15) is 0 Å². The number of benzene rings is 2. The average Bonchev–Trinajstić information content (AvgIpc) is 2.73. The van der Waals surface area contributed by atoms with E-state index in [-0.39, 0.29) is 5.82 Å². The minimum Gasteiger partial charge on any atom is -0.489 e. The van der Waals surface area contributed by atoms with Gasteiger partial charge < -0.3 is 14.0 Å². The lowest BCUT2D eigenvalue weighted by molar-refractivity contribution is 0.00578. The van der Waals surface area contributed by atoms with Gasteiger partial charge in [-0.25, -0.2) is 4.39 Å². The molecule has 0 bridgehead atoms. The maximum Gasteiger partial charge on any atom is 0.497 e. The number of hydrogen-bond acceptors (Lipinski definition) is 3. The molecule has 3 nitrogen and oxygen atoms in total. The molecule has 2 aromatic carbocycles. The highest BCUT2D eigenvalue weighted by Crippen LogP contribution is 2.36. The predicted octanol–water partition coefficient (Wildman–Crippen LogP) is 4.01. The summed E-state index contributed by atoms with van der Waals surface area (Å²) in [6, 6.07) is 12.9. The first-order valence-electron chi connectivity index (χ1n) is 8.51. The summed E-state index contributed by atoms with van der Waals surface area (Å²) in [5.41, 5.74) is 1.62. The van der Waals surface area contributed by atoms with Crippen LogP contribution in [0.1, 0.15) is 38.8 Å². The molecule has 0 N–H and O–H groups in total. The highest BCUT2D eigenvalue weighted by atomic mass is 19.1. The second-order valence-electron chi connectivity index (χ2n) is 7.55. The van der Waals surface area contributed by atoms with Crippen LogP contribution in [-0.4, -0.2) is 18.3 Å². The molecule has 5 heteroatoms. The highest BCUT2D eigenvalue weighted by Gasteiger charge is 2.52. The standard InChI is InChI=1S/C20H24BFO3/c1-14-7-6-8-15(11-14)13-23-16-9-10-17(18(22)12-16)21-24-19(2,3)20(4,5)25-21/h6-12H,13H2,1-5H3. The van der Waals surface area contributed by atoms with Gasteiger partial charge in [-0.15, -0.1) is 0 Å². The molecule has 1 saturated heterocycles. The molecule has 1 aliphatic heterocycles. The molecular formula is C20H24BFO3. The van der Waals surface area contributed by atoms with Gasteiger partial charge in [-0.3, -0.25) is 0 Å². The quantitative estimate of drug-likeness (QED) is 0.786. The van der Waals surface area contributed by atoms with Crippen LogP contribution in [0.3, 0.4) is 0 Å². The van der Waals surface area contributed by atoms with Crippen LogP contribution < -0.4 is 10.2 Å². The van der Waals surface area contributed by atoms with Gasteiger partial charge in [-0.05, 0) is 46.2 Å². The first-order valence-corrected chi connectivity index (χ1v) is 8.51. The van der Waals surface area contributed by atoms with E-state index >= 15 is 0 Å². The van der Waals surface area contributed by atoms with Crippen molar-refractivity contribution in [3.8, 4) is 5.75 Å². The van der Waals surface area contributed by atoms with Gasteiger partial charge in [0.2, 0.25) is 0 Å². The number of halogens is 1. The second kappa shape index (κ2) is 6.47. The maximum absolute atomic E-state index is 14.6. The van der Waals surface area contributed by atoms with Crippen LogP contribution in [0.5, 0.6) is 5.75 Å². The lowest BCUT2D eigenvalue weighted by Crippen LogP contribution is -2.41. The van der Waals surface area contributed by atoms with Crippen molar-refractivity contribution in [1.82, 2.24) is 0 Å². The molecule has 0 aromatic heterocycles. The van der Waals surface area contributed by atoms with Crippen molar-refractivity contribution in [3.63, 3.8) is 0 Å². The van der Waals surface area contributed by atoms with Crippen LogP contribution in [0.25, 0.3) is 0 Å². The van der Waals surface area contributed by atoms with Crippen LogP contribution in [-0.2, 0) is 15.9 Å². The Morgan fingerprint density at radius 2 is 1.68 bits per heavy atom. The van der Waals surface area contributed by atoms with Crippen molar-refractivity contribution < 1.29 is 18.4 Å². The summed E-state index contributed by atoms with van der Waals surface area (Å²) in [7, 11) is -0.712. The zero-order valence-corrected chi connectivity index (χ0v) is 15.4. The van der Waals surface area contributed by atoms with Crippen LogP contribution in [0.4, 0.5) is 4.39 Å². The lowest BCUT2D eigenvalue weighted by Gasteiger charge is -2.32. The fraction of sp³-hybridized carbons (Fsp3) is 0.400. The molecule has 0 atom stereocenters. The van der Waals surface area contributed by atoms with E-state index in [1.165, 1.54) is 11.6 Å². The largest absolute Gasteiger partial charge is 0.497 e. The van der Waals surface area contributed by atoms with Crippen molar-refractivity contribution in [2.45, 2.75) is 52.4 Å². The molecule has 2 aromatic rings. The molecule has 1 aliphatic rings. The number of rotatable bonds is 4. The Morgan fingerprint density at radius 1 is 1.00 bits per heavy atom.